The second-order valence-corrected chi connectivity index (χ2v) is 4.89. The first-order valence-electron chi connectivity index (χ1n) is 7.03. The Labute approximate surface area is 130 Å². The summed E-state index contributed by atoms with van der Waals surface area (Å²) in [4.78, 5) is 10.9. The number of anilines is 2. The number of methoxy groups -OCH3 is 1. The first kappa shape index (κ1) is 14.1. The Hall–Kier alpha value is -2.88. The van der Waals surface area contributed by atoms with Gasteiger partial charge in [0.05, 0.1) is 7.11 Å². The summed E-state index contributed by atoms with van der Waals surface area (Å²) in [5.74, 6) is 1.51. The molecule has 22 heavy (non-hydrogen) atoms. The quantitative estimate of drug-likeness (QED) is 0.730. The molecule has 4 heteroatoms. The Kier molecular flexibility index (Phi) is 4.01. The lowest BCUT2D eigenvalue weighted by Crippen LogP contribution is -2.12. The van der Waals surface area contributed by atoms with E-state index in [1.807, 2.05) is 78.9 Å². The summed E-state index contributed by atoms with van der Waals surface area (Å²) in [6.07, 6.45) is 3.67. The van der Waals surface area contributed by atoms with E-state index in [0.717, 1.165) is 22.6 Å². The number of para-hydroxylation sites is 1. The summed E-state index contributed by atoms with van der Waals surface area (Å²) in [6.45, 7) is 0. The monoisotopic (exact) mass is 291 g/mol. The summed E-state index contributed by atoms with van der Waals surface area (Å²) in [5.41, 5.74) is 3.10. The maximum Gasteiger partial charge on any atom is 0.229 e. The molecule has 1 aromatic heterocycles. The largest absolute Gasteiger partial charge is 0.497 e. The van der Waals surface area contributed by atoms with Crippen LogP contribution in [0.4, 0.5) is 11.6 Å². The van der Waals surface area contributed by atoms with Gasteiger partial charge in [-0.15, -0.1) is 0 Å². The summed E-state index contributed by atoms with van der Waals surface area (Å²) in [6, 6.07) is 17.9. The highest BCUT2D eigenvalue weighted by atomic mass is 16.5. The van der Waals surface area contributed by atoms with E-state index in [1.54, 1.807) is 7.11 Å². The second kappa shape index (κ2) is 6.26. The average molecular weight is 291 g/mol. The van der Waals surface area contributed by atoms with Gasteiger partial charge in [-0.3, -0.25) is 0 Å². The van der Waals surface area contributed by atoms with Crippen LogP contribution in [0.25, 0.3) is 11.1 Å². The van der Waals surface area contributed by atoms with Gasteiger partial charge >= 0.3 is 0 Å². The third-order valence-corrected chi connectivity index (χ3v) is 3.51. The van der Waals surface area contributed by atoms with Crippen LogP contribution in [0.1, 0.15) is 0 Å². The third kappa shape index (κ3) is 2.91. The lowest BCUT2D eigenvalue weighted by Gasteiger charge is -2.16. The van der Waals surface area contributed by atoms with E-state index in [1.165, 1.54) is 0 Å². The molecule has 1 heterocycles. The summed E-state index contributed by atoms with van der Waals surface area (Å²) < 4.78 is 5.17. The summed E-state index contributed by atoms with van der Waals surface area (Å²) in [7, 11) is 3.62. The van der Waals surface area contributed by atoms with E-state index >= 15 is 0 Å². The van der Waals surface area contributed by atoms with Crippen LogP contribution in [0.2, 0.25) is 0 Å². The Bertz CT molecular complexity index is 725. The minimum atomic E-state index is 0.670. The third-order valence-electron chi connectivity index (χ3n) is 3.51. The maximum atomic E-state index is 5.17. The molecule has 0 aliphatic rings. The average Bonchev–Trinajstić information content (AvgIpc) is 2.62. The number of benzene rings is 2. The van der Waals surface area contributed by atoms with Gasteiger partial charge in [0, 0.05) is 30.7 Å². The molecule has 0 bridgehead atoms. The zero-order chi connectivity index (χ0) is 15.4. The van der Waals surface area contributed by atoms with Gasteiger partial charge in [-0.1, -0.05) is 30.3 Å². The highest BCUT2D eigenvalue weighted by Gasteiger charge is 2.07. The predicted molar refractivity (Wildman–Crippen MR) is 88.5 cm³/mol. The molecule has 0 N–H and O–H groups in total. The fourth-order valence-corrected chi connectivity index (χ4v) is 2.19. The number of nitrogens with zero attached hydrogens (tertiary/aromatic N) is 3. The maximum absolute atomic E-state index is 5.17. The molecule has 0 unspecified atom stereocenters. The summed E-state index contributed by atoms with van der Waals surface area (Å²) in [5, 5.41) is 0. The molecule has 4 nitrogen and oxygen atoms in total. The second-order valence-electron chi connectivity index (χ2n) is 4.89. The Morgan fingerprint density at radius 3 is 2.05 bits per heavy atom. The zero-order valence-electron chi connectivity index (χ0n) is 12.6. The van der Waals surface area contributed by atoms with E-state index in [4.69, 9.17) is 4.74 Å². The molecule has 3 aromatic rings. The van der Waals surface area contributed by atoms with Gasteiger partial charge in [-0.25, -0.2) is 9.97 Å². The minimum absolute atomic E-state index is 0.670. The van der Waals surface area contributed by atoms with Crippen molar-refractivity contribution in [2.45, 2.75) is 0 Å². The van der Waals surface area contributed by atoms with Crippen LogP contribution in [0, 0.1) is 0 Å². The fourth-order valence-electron chi connectivity index (χ4n) is 2.19. The molecule has 3 rings (SSSR count). The first-order valence-corrected chi connectivity index (χ1v) is 7.03. The molecular formula is C18H17N3O. The van der Waals surface area contributed by atoms with Gasteiger partial charge in [-0.05, 0) is 29.8 Å². The van der Waals surface area contributed by atoms with Crippen LogP contribution in [0.5, 0.6) is 5.75 Å². The van der Waals surface area contributed by atoms with Crippen LogP contribution >= 0.6 is 0 Å². The number of aromatic nitrogens is 2. The van der Waals surface area contributed by atoms with Gasteiger partial charge < -0.3 is 9.64 Å². The molecule has 2 aromatic carbocycles. The van der Waals surface area contributed by atoms with Gasteiger partial charge in [-0.2, -0.15) is 0 Å². The van der Waals surface area contributed by atoms with E-state index in [2.05, 4.69) is 9.97 Å². The van der Waals surface area contributed by atoms with Crippen LogP contribution in [-0.2, 0) is 0 Å². The highest BCUT2D eigenvalue weighted by molar-refractivity contribution is 5.64. The minimum Gasteiger partial charge on any atom is -0.497 e. The van der Waals surface area contributed by atoms with Crippen molar-refractivity contribution in [2.24, 2.45) is 0 Å². The number of rotatable bonds is 4. The van der Waals surface area contributed by atoms with Gasteiger partial charge in [0.25, 0.3) is 0 Å². The Morgan fingerprint density at radius 2 is 1.45 bits per heavy atom. The molecule has 0 amide bonds. The standard InChI is InChI=1S/C18H17N3O/c1-21(16-6-4-3-5-7-16)18-19-12-15(13-20-18)14-8-10-17(22-2)11-9-14/h3-13H,1-2H3. The van der Waals surface area contributed by atoms with Crippen LogP contribution in [0.3, 0.4) is 0 Å². The van der Waals surface area contributed by atoms with Crippen LogP contribution in [-0.4, -0.2) is 24.1 Å². The first-order chi connectivity index (χ1) is 10.8. The van der Waals surface area contributed by atoms with Crippen LogP contribution < -0.4 is 9.64 Å². The lowest BCUT2D eigenvalue weighted by atomic mass is 10.1. The van der Waals surface area contributed by atoms with Crippen molar-refractivity contribution in [3.63, 3.8) is 0 Å². The number of hydrogen-bond donors (Lipinski definition) is 0. The van der Waals surface area contributed by atoms with Crippen molar-refractivity contribution < 1.29 is 4.74 Å². The van der Waals surface area contributed by atoms with Crippen molar-refractivity contribution in [3.05, 3.63) is 67.0 Å². The van der Waals surface area contributed by atoms with Crippen molar-refractivity contribution in [3.8, 4) is 16.9 Å². The smallest absolute Gasteiger partial charge is 0.229 e. The van der Waals surface area contributed by atoms with Crippen molar-refractivity contribution >= 4 is 11.6 Å². The lowest BCUT2D eigenvalue weighted by molar-refractivity contribution is 0.415. The zero-order valence-corrected chi connectivity index (χ0v) is 12.6. The van der Waals surface area contributed by atoms with Crippen molar-refractivity contribution in [1.29, 1.82) is 0 Å². The SMILES string of the molecule is COc1ccc(-c2cnc(N(C)c3ccccc3)nc2)cc1. The molecular weight excluding hydrogens is 274 g/mol. The molecule has 0 spiro atoms. The number of ether oxygens (including phenoxy) is 1. The normalized spacial score (nSPS) is 10.3. The molecule has 0 aliphatic carbocycles. The van der Waals surface area contributed by atoms with Crippen molar-refractivity contribution in [2.75, 3.05) is 19.1 Å². The predicted octanol–water partition coefficient (Wildman–Crippen LogP) is 3.92. The molecule has 0 atom stereocenters. The molecule has 110 valence electrons. The van der Waals surface area contributed by atoms with Gasteiger partial charge in [0.2, 0.25) is 5.95 Å². The molecule has 0 radical (unpaired) electrons. The number of hydrogen-bond acceptors (Lipinski definition) is 4. The van der Waals surface area contributed by atoms with Crippen molar-refractivity contribution in [1.82, 2.24) is 9.97 Å². The summed E-state index contributed by atoms with van der Waals surface area (Å²) >= 11 is 0. The molecule has 0 fully saturated rings. The molecule has 0 saturated carbocycles. The molecule has 0 saturated heterocycles. The fraction of sp³-hybridized carbons (Fsp3) is 0.111. The molecule has 0 aliphatic heterocycles. The van der Waals surface area contributed by atoms with E-state index in [0.29, 0.717) is 5.95 Å². The van der Waals surface area contributed by atoms with E-state index < -0.39 is 0 Å². The van der Waals surface area contributed by atoms with Gasteiger partial charge in [0.15, 0.2) is 0 Å². The van der Waals surface area contributed by atoms with Gasteiger partial charge in [0.1, 0.15) is 5.75 Å². The van der Waals surface area contributed by atoms with Crippen LogP contribution in [0.15, 0.2) is 67.0 Å². The Morgan fingerprint density at radius 1 is 0.818 bits per heavy atom. The van der Waals surface area contributed by atoms with E-state index in [9.17, 15) is 0 Å². The van der Waals surface area contributed by atoms with E-state index in [-0.39, 0.29) is 0 Å². The highest BCUT2D eigenvalue weighted by Crippen LogP contribution is 2.23. The topological polar surface area (TPSA) is 38.2 Å². The Balaban J connectivity index is 1.83.